The Bertz CT molecular complexity index is 917. The third kappa shape index (κ3) is 30.9. The summed E-state index contributed by atoms with van der Waals surface area (Å²) in [4.78, 5) is 22.6. The van der Waals surface area contributed by atoms with E-state index in [4.69, 9.17) is 14.2 Å². The molecule has 0 bridgehead atoms. The Morgan fingerprint density at radius 2 is 1.07 bits per heavy atom. The first-order valence-corrected chi connectivity index (χ1v) is 15.6. The molecule has 0 unspecified atom stereocenters. The average Bonchev–Trinajstić information content (AvgIpc) is 2.79. The molecule has 0 aliphatic heterocycles. The molecule has 0 heterocycles. The summed E-state index contributed by atoms with van der Waals surface area (Å²) in [5.41, 5.74) is 1.29. The third-order valence-electron chi connectivity index (χ3n) is 5.57. The van der Waals surface area contributed by atoms with Crippen molar-refractivity contribution < 1.29 is 23.8 Å². The van der Waals surface area contributed by atoms with Crippen molar-refractivity contribution in [3.05, 3.63) is 48.2 Å². The van der Waals surface area contributed by atoms with Crippen molar-refractivity contribution >= 4 is 11.9 Å². The average molecular weight is 607 g/mol. The molecule has 0 aromatic heterocycles. The van der Waals surface area contributed by atoms with Gasteiger partial charge in [0.05, 0.1) is 17.8 Å². The number of hydrogen-bond donors (Lipinski definition) is 0. The second-order valence-corrected chi connectivity index (χ2v) is 17.5. The third-order valence-corrected chi connectivity index (χ3v) is 5.57. The highest BCUT2D eigenvalue weighted by molar-refractivity contribution is 5.75. The van der Waals surface area contributed by atoms with Crippen molar-refractivity contribution in [1.82, 2.24) is 0 Å². The van der Waals surface area contributed by atoms with Crippen LogP contribution in [0.4, 0.5) is 0 Å². The number of hydrogen-bond acceptors (Lipinski definition) is 5. The van der Waals surface area contributed by atoms with Crippen LogP contribution in [0.2, 0.25) is 0 Å². The van der Waals surface area contributed by atoms with Gasteiger partial charge in [-0.25, -0.2) is 4.79 Å². The molecule has 0 N–H and O–H groups in total. The lowest BCUT2D eigenvalue weighted by Crippen LogP contribution is -2.27. The Hall–Kier alpha value is -2.30. The van der Waals surface area contributed by atoms with Crippen LogP contribution in [0.1, 0.15) is 144 Å². The summed E-state index contributed by atoms with van der Waals surface area (Å²) >= 11 is 0. The van der Waals surface area contributed by atoms with Crippen molar-refractivity contribution in [1.29, 1.82) is 0 Å². The molecule has 1 rings (SSSR count). The first kappa shape index (κ1) is 45.1. The highest BCUT2D eigenvalue weighted by Crippen LogP contribution is 2.24. The molecule has 1 aromatic carbocycles. The van der Waals surface area contributed by atoms with E-state index in [1.54, 1.807) is 0 Å². The van der Waals surface area contributed by atoms with Crippen molar-refractivity contribution in [3.63, 3.8) is 0 Å². The van der Waals surface area contributed by atoms with Gasteiger partial charge in [0.1, 0.15) is 5.60 Å². The summed E-state index contributed by atoms with van der Waals surface area (Å²) in [5, 5.41) is 0. The summed E-state index contributed by atoms with van der Waals surface area (Å²) in [6.45, 7) is 42.9. The summed E-state index contributed by atoms with van der Waals surface area (Å²) in [6, 6.07) is 10.6. The van der Waals surface area contributed by atoms with Gasteiger partial charge in [-0.1, -0.05) is 133 Å². The lowest BCUT2D eigenvalue weighted by molar-refractivity contribution is -0.159. The van der Waals surface area contributed by atoms with Gasteiger partial charge < -0.3 is 14.2 Å². The molecule has 43 heavy (non-hydrogen) atoms. The van der Waals surface area contributed by atoms with E-state index in [1.165, 1.54) is 12.0 Å². The Balaban J connectivity index is -0.000000517. The molecule has 5 nitrogen and oxygen atoms in total. The molecule has 252 valence electrons. The molecule has 0 saturated carbocycles. The number of allylic oxidation sites excluding steroid dienone is 1. The van der Waals surface area contributed by atoms with Crippen molar-refractivity contribution in [3.8, 4) is 0 Å². The van der Waals surface area contributed by atoms with Crippen LogP contribution in [0.3, 0.4) is 0 Å². The van der Waals surface area contributed by atoms with Gasteiger partial charge >= 0.3 is 11.9 Å². The van der Waals surface area contributed by atoms with E-state index in [9.17, 15) is 9.59 Å². The zero-order valence-electron chi connectivity index (χ0n) is 31.8. The maximum Gasteiger partial charge on any atom is 0.344 e. The van der Waals surface area contributed by atoms with Crippen LogP contribution in [-0.2, 0) is 29.2 Å². The maximum atomic E-state index is 11.3. The summed E-state index contributed by atoms with van der Waals surface area (Å²) in [5.74, 6) is 0.0960. The minimum Gasteiger partial charge on any atom is -0.486 e. The first-order chi connectivity index (χ1) is 18.8. The predicted molar refractivity (Wildman–Crippen MR) is 185 cm³/mol. The molecule has 0 aliphatic carbocycles. The zero-order valence-corrected chi connectivity index (χ0v) is 31.8. The van der Waals surface area contributed by atoms with Gasteiger partial charge in [-0.3, -0.25) is 4.79 Å². The number of ether oxygens (including phenoxy) is 3. The van der Waals surface area contributed by atoms with Crippen molar-refractivity contribution in [2.75, 3.05) is 13.2 Å². The molecular weight excluding hydrogens is 536 g/mol. The lowest BCUT2D eigenvalue weighted by atomic mass is 9.87. The van der Waals surface area contributed by atoms with E-state index in [0.717, 1.165) is 0 Å². The highest BCUT2D eigenvalue weighted by atomic mass is 16.6. The van der Waals surface area contributed by atoms with Gasteiger partial charge in [-0.15, -0.1) is 0 Å². The highest BCUT2D eigenvalue weighted by Gasteiger charge is 2.25. The molecule has 5 heteroatoms. The SMILES string of the molecule is C=C(OCC(=O)OC(C)(C)C)C(C)(C)C.CC(C)(C)COC(=O)C(C)(C)C.CC(C)(C)c1ccccc1.CCC(C)(C)C. The number of carbonyl (C=O) groups excluding carboxylic acids is 2. The molecule has 0 spiro atoms. The fraction of sp³-hybridized carbons (Fsp3) is 0.737. The molecule has 0 fully saturated rings. The fourth-order valence-corrected chi connectivity index (χ4v) is 2.17. The predicted octanol–water partition coefficient (Wildman–Crippen LogP) is 11.0. The molecule has 0 aliphatic rings. The Kier molecular flexibility index (Phi) is 19.4. The molecule has 0 atom stereocenters. The number of carbonyl (C=O) groups is 2. The summed E-state index contributed by atoms with van der Waals surface area (Å²) in [6.07, 6.45) is 1.27. The van der Waals surface area contributed by atoms with Crippen molar-refractivity contribution in [2.45, 2.75) is 149 Å². The summed E-state index contributed by atoms with van der Waals surface area (Å²) < 4.78 is 15.5. The van der Waals surface area contributed by atoms with Crippen molar-refractivity contribution in [2.24, 2.45) is 21.7 Å². The van der Waals surface area contributed by atoms with Gasteiger partial charge in [0.25, 0.3) is 0 Å². The minimum atomic E-state index is -0.469. The van der Waals surface area contributed by atoms with Gasteiger partial charge in [0.15, 0.2) is 6.61 Å². The molecule has 0 radical (unpaired) electrons. The maximum absolute atomic E-state index is 11.3. The van der Waals surface area contributed by atoms with Gasteiger partial charge in [-0.05, 0) is 63.4 Å². The number of rotatable bonds is 4. The monoisotopic (exact) mass is 607 g/mol. The van der Waals surface area contributed by atoms with Gasteiger partial charge in [0.2, 0.25) is 0 Å². The fourth-order valence-electron chi connectivity index (χ4n) is 2.17. The normalized spacial score (nSPS) is 12.2. The largest absolute Gasteiger partial charge is 0.486 e. The van der Waals surface area contributed by atoms with Crippen LogP contribution in [0.15, 0.2) is 42.7 Å². The van der Waals surface area contributed by atoms with Gasteiger partial charge in [-0.2, -0.15) is 0 Å². The van der Waals surface area contributed by atoms with E-state index in [-0.39, 0.29) is 34.8 Å². The number of esters is 2. The topological polar surface area (TPSA) is 61.8 Å². The standard InChI is InChI=1S/C12H22O3.C10H20O2.C10H14.C6H14/c1-9(11(2,3)4)14-8-10(13)15-12(5,6)7;1-9(2,3)7-12-8(11)10(4,5)6;1-10(2,3)9-7-5-4-6-8-9;1-5-6(2,3)4/h1,8H2,2-7H3;7H2,1-6H3;4-8H,1-3H3;5H2,1-4H3. The van der Waals surface area contributed by atoms with E-state index in [0.29, 0.717) is 23.2 Å². The van der Waals surface area contributed by atoms with Crippen LogP contribution in [-0.4, -0.2) is 30.8 Å². The first-order valence-electron chi connectivity index (χ1n) is 15.6. The van der Waals surface area contributed by atoms with Gasteiger partial charge in [0, 0.05) is 5.41 Å². The Morgan fingerprint density at radius 3 is 1.33 bits per heavy atom. The van der Waals surface area contributed by atoms with E-state index >= 15 is 0 Å². The zero-order chi connectivity index (χ0) is 35.1. The molecule has 1 aromatic rings. The van der Waals surface area contributed by atoms with E-state index in [1.807, 2.05) is 83.1 Å². The van der Waals surface area contributed by atoms with Crippen LogP contribution in [0, 0.1) is 21.7 Å². The van der Waals surface area contributed by atoms with Crippen LogP contribution >= 0.6 is 0 Å². The molecular formula is C38H70O5. The van der Waals surface area contributed by atoms with E-state index < -0.39 is 5.60 Å². The molecule has 0 saturated heterocycles. The lowest BCUT2D eigenvalue weighted by Gasteiger charge is -2.23. The smallest absolute Gasteiger partial charge is 0.344 e. The second-order valence-electron chi connectivity index (χ2n) is 17.5. The second kappa shape index (κ2) is 18.5. The Morgan fingerprint density at radius 1 is 0.651 bits per heavy atom. The molecule has 0 amide bonds. The summed E-state index contributed by atoms with van der Waals surface area (Å²) in [7, 11) is 0. The van der Waals surface area contributed by atoms with Crippen LogP contribution in [0.5, 0.6) is 0 Å². The quantitative estimate of drug-likeness (QED) is 0.252. The van der Waals surface area contributed by atoms with Crippen LogP contribution in [0.25, 0.3) is 0 Å². The number of benzene rings is 1. The Labute approximate surface area is 267 Å². The van der Waals surface area contributed by atoms with Crippen LogP contribution < -0.4 is 0 Å². The minimum absolute atomic E-state index is 0.0565. The van der Waals surface area contributed by atoms with E-state index in [2.05, 4.69) is 85.4 Å².